The molecule has 0 radical (unpaired) electrons. The molecule has 17 heavy (non-hydrogen) atoms. The fourth-order valence-electron chi connectivity index (χ4n) is 1.26. The third kappa shape index (κ3) is 3.92. The average Bonchev–Trinajstić information content (AvgIpc) is 2.23. The summed E-state index contributed by atoms with van der Waals surface area (Å²) in [6, 6.07) is 1.86. The van der Waals surface area contributed by atoms with E-state index in [4.69, 9.17) is 16.3 Å². The predicted octanol–water partition coefficient (Wildman–Crippen LogP) is 3.44. The Hall–Kier alpha value is -0.680. The summed E-state index contributed by atoms with van der Waals surface area (Å²) in [6.07, 6.45) is -0.0624. The van der Waals surface area contributed by atoms with Crippen molar-refractivity contribution in [3.63, 3.8) is 0 Å². The zero-order chi connectivity index (χ0) is 13.0. The van der Waals surface area contributed by atoms with Gasteiger partial charge in [0, 0.05) is 22.5 Å². The molecular weight excluding hydrogens is 317 g/mol. The molecule has 0 aromatic heterocycles. The van der Waals surface area contributed by atoms with E-state index in [1.165, 1.54) is 0 Å². The molecule has 94 valence electrons. The van der Waals surface area contributed by atoms with E-state index in [-0.39, 0.29) is 23.1 Å². The second-order valence-corrected chi connectivity index (χ2v) is 4.65. The molecule has 2 nitrogen and oxygen atoms in total. The van der Waals surface area contributed by atoms with Crippen molar-refractivity contribution in [2.45, 2.75) is 18.7 Å². The molecule has 0 aliphatic carbocycles. The molecule has 1 aromatic rings. The first-order valence-electron chi connectivity index (χ1n) is 4.89. The third-order valence-corrected chi connectivity index (χ3v) is 3.07. The number of rotatable bonds is 4. The van der Waals surface area contributed by atoms with Gasteiger partial charge in [-0.05, 0) is 13.0 Å². The molecule has 1 aromatic carbocycles. The Kier molecular flexibility index (Phi) is 5.33. The fourth-order valence-corrected chi connectivity index (χ4v) is 2.05. The lowest BCUT2D eigenvalue weighted by Gasteiger charge is -2.11. The Labute approximate surface area is 111 Å². The van der Waals surface area contributed by atoms with Gasteiger partial charge in [0.15, 0.2) is 0 Å². The normalized spacial score (nSPS) is 12.3. The van der Waals surface area contributed by atoms with Gasteiger partial charge in [-0.25, -0.2) is 8.78 Å². The molecule has 0 fully saturated rings. The lowest BCUT2D eigenvalue weighted by Crippen LogP contribution is -2.21. The quantitative estimate of drug-likeness (QED) is 0.625. The van der Waals surface area contributed by atoms with Crippen LogP contribution in [0.1, 0.15) is 12.5 Å². The van der Waals surface area contributed by atoms with Crippen molar-refractivity contribution >= 4 is 33.5 Å². The van der Waals surface area contributed by atoms with Crippen molar-refractivity contribution in [3.05, 3.63) is 33.8 Å². The second-order valence-electron chi connectivity index (χ2n) is 3.27. The zero-order valence-electron chi connectivity index (χ0n) is 8.97. The number of halogens is 4. The van der Waals surface area contributed by atoms with E-state index in [2.05, 4.69) is 15.9 Å². The number of esters is 1. The van der Waals surface area contributed by atoms with Gasteiger partial charge in [-0.3, -0.25) is 4.79 Å². The van der Waals surface area contributed by atoms with E-state index in [0.29, 0.717) is 0 Å². The number of carbonyl (C=O) groups is 1. The van der Waals surface area contributed by atoms with Crippen LogP contribution in [0.25, 0.3) is 0 Å². The average molecular weight is 328 g/mol. The molecule has 0 saturated carbocycles. The molecule has 0 aliphatic rings. The number of hydrogen-bond acceptors (Lipinski definition) is 2. The van der Waals surface area contributed by atoms with Gasteiger partial charge < -0.3 is 4.74 Å². The Morgan fingerprint density at radius 3 is 2.71 bits per heavy atom. The maximum Gasteiger partial charge on any atom is 0.324 e. The maximum absolute atomic E-state index is 13.4. The van der Waals surface area contributed by atoms with Crippen molar-refractivity contribution in [1.82, 2.24) is 0 Å². The van der Waals surface area contributed by atoms with Gasteiger partial charge in [0.2, 0.25) is 0 Å². The van der Waals surface area contributed by atoms with Crippen LogP contribution < -0.4 is 0 Å². The van der Waals surface area contributed by atoms with Crippen molar-refractivity contribution in [2.24, 2.45) is 0 Å². The minimum absolute atomic E-state index is 0.0624. The van der Waals surface area contributed by atoms with Gasteiger partial charge in [-0.15, -0.1) is 11.6 Å². The Balaban J connectivity index is 2.85. The van der Waals surface area contributed by atoms with Gasteiger partial charge in [-0.2, -0.15) is 0 Å². The summed E-state index contributed by atoms with van der Waals surface area (Å²) in [7, 11) is 0. The van der Waals surface area contributed by atoms with Crippen LogP contribution in [-0.2, 0) is 16.0 Å². The van der Waals surface area contributed by atoms with Crippen LogP contribution in [0.15, 0.2) is 16.6 Å². The largest absolute Gasteiger partial charge is 0.465 e. The van der Waals surface area contributed by atoms with Gasteiger partial charge in [-0.1, -0.05) is 15.9 Å². The molecule has 6 heteroatoms. The molecule has 0 N–H and O–H groups in total. The molecule has 0 spiro atoms. The first-order chi connectivity index (χ1) is 7.95. The number of alkyl halides is 1. The summed E-state index contributed by atoms with van der Waals surface area (Å²) in [4.78, 5) is 11.3. The monoisotopic (exact) mass is 326 g/mol. The molecule has 1 rings (SSSR count). The summed E-state index contributed by atoms with van der Waals surface area (Å²) in [5.41, 5.74) is 0.152. The Morgan fingerprint density at radius 1 is 1.53 bits per heavy atom. The molecule has 1 atom stereocenters. The van der Waals surface area contributed by atoms with E-state index in [9.17, 15) is 13.6 Å². The van der Waals surface area contributed by atoms with Crippen LogP contribution in [0.3, 0.4) is 0 Å². The van der Waals surface area contributed by atoms with Gasteiger partial charge >= 0.3 is 5.97 Å². The number of carbonyl (C=O) groups excluding carboxylic acids is 1. The van der Waals surface area contributed by atoms with E-state index < -0.39 is 23.0 Å². The topological polar surface area (TPSA) is 26.3 Å². The molecule has 0 bridgehead atoms. The van der Waals surface area contributed by atoms with Crippen molar-refractivity contribution in [1.29, 1.82) is 0 Å². The minimum Gasteiger partial charge on any atom is -0.465 e. The second kappa shape index (κ2) is 6.31. The van der Waals surface area contributed by atoms with Crippen molar-refractivity contribution < 1.29 is 18.3 Å². The van der Waals surface area contributed by atoms with E-state index in [1.807, 2.05) is 0 Å². The smallest absolute Gasteiger partial charge is 0.324 e. The molecular formula is C11H10BrClF2O2. The third-order valence-electron chi connectivity index (χ3n) is 2.03. The summed E-state index contributed by atoms with van der Waals surface area (Å²) in [5, 5.41) is -0.994. The summed E-state index contributed by atoms with van der Waals surface area (Å²) < 4.78 is 31.2. The van der Waals surface area contributed by atoms with Crippen LogP contribution in [0.4, 0.5) is 8.78 Å². The lowest BCUT2D eigenvalue weighted by molar-refractivity contribution is -0.142. The zero-order valence-corrected chi connectivity index (χ0v) is 11.3. The summed E-state index contributed by atoms with van der Waals surface area (Å²) in [6.45, 7) is 1.85. The van der Waals surface area contributed by atoms with Gasteiger partial charge in [0.05, 0.1) is 6.61 Å². The van der Waals surface area contributed by atoms with Crippen LogP contribution in [0, 0.1) is 11.6 Å². The van der Waals surface area contributed by atoms with E-state index in [0.717, 1.165) is 12.1 Å². The van der Waals surface area contributed by atoms with Crippen molar-refractivity contribution in [3.8, 4) is 0 Å². The fraction of sp³-hybridized carbons (Fsp3) is 0.364. The summed E-state index contributed by atoms with van der Waals surface area (Å²) >= 11 is 8.80. The van der Waals surface area contributed by atoms with Gasteiger partial charge in [0.25, 0.3) is 0 Å². The molecule has 1 unspecified atom stereocenters. The van der Waals surface area contributed by atoms with Crippen LogP contribution in [0.5, 0.6) is 0 Å². The highest BCUT2D eigenvalue weighted by molar-refractivity contribution is 9.10. The predicted molar refractivity (Wildman–Crippen MR) is 64.0 cm³/mol. The van der Waals surface area contributed by atoms with Gasteiger partial charge in [0.1, 0.15) is 17.0 Å². The Bertz CT molecular complexity index is 403. The van der Waals surface area contributed by atoms with Crippen LogP contribution >= 0.6 is 27.5 Å². The molecule has 0 amide bonds. The Morgan fingerprint density at radius 2 is 2.18 bits per heavy atom. The molecule has 0 saturated heterocycles. The van der Waals surface area contributed by atoms with E-state index in [1.54, 1.807) is 6.92 Å². The molecule has 0 aliphatic heterocycles. The standard InChI is InChI=1S/C11H10BrClF2O2/c1-2-17-11(16)9(13)5-7-8(12)3-6(14)4-10(7)15/h3-4,9H,2,5H2,1H3. The minimum atomic E-state index is -0.994. The van der Waals surface area contributed by atoms with Crippen LogP contribution in [0.2, 0.25) is 0 Å². The van der Waals surface area contributed by atoms with E-state index >= 15 is 0 Å². The maximum atomic E-state index is 13.4. The number of benzene rings is 1. The highest BCUT2D eigenvalue weighted by Crippen LogP contribution is 2.24. The first-order valence-corrected chi connectivity index (χ1v) is 6.12. The van der Waals surface area contributed by atoms with Crippen molar-refractivity contribution in [2.75, 3.05) is 6.61 Å². The SMILES string of the molecule is CCOC(=O)C(Cl)Cc1c(F)cc(F)cc1Br. The lowest BCUT2D eigenvalue weighted by atomic mass is 10.1. The molecule has 0 heterocycles. The number of ether oxygens (including phenoxy) is 1. The highest BCUT2D eigenvalue weighted by Gasteiger charge is 2.21. The van der Waals surface area contributed by atoms with Crippen LogP contribution in [-0.4, -0.2) is 18.0 Å². The highest BCUT2D eigenvalue weighted by atomic mass is 79.9. The number of hydrogen-bond donors (Lipinski definition) is 0. The first kappa shape index (κ1) is 14.4. The summed E-state index contributed by atoms with van der Waals surface area (Å²) in [5.74, 6) is -2.06.